The largest absolute Gasteiger partial charge is 1.00 e. The van der Waals surface area contributed by atoms with Crippen molar-refractivity contribution in [3.05, 3.63) is 0 Å². The monoisotopic (exact) mass is 135 g/mol. The van der Waals surface area contributed by atoms with Crippen molar-refractivity contribution in [2.45, 2.75) is 0 Å². The summed E-state index contributed by atoms with van der Waals surface area (Å²) in [6.45, 7) is 0. The topological polar surface area (TPSA) is 34.4 Å². The fourth-order valence-corrected chi connectivity index (χ4v) is 0. The van der Waals surface area contributed by atoms with Crippen LogP contribution in [0.5, 0.6) is 0 Å². The molecule has 0 saturated heterocycles. The molecule has 0 amide bonds. The predicted molar refractivity (Wildman–Crippen MR) is 20.7 cm³/mol. The Kier molecular flexibility index (Phi) is 54.0. The van der Waals surface area contributed by atoms with Crippen LogP contribution in [0, 0.1) is 0 Å². The Balaban J connectivity index is -0.0000000150. The van der Waals surface area contributed by atoms with Crippen LogP contribution >= 0.6 is 0 Å². The summed E-state index contributed by atoms with van der Waals surface area (Å²) in [6.07, 6.45) is 0. The van der Waals surface area contributed by atoms with Crippen molar-refractivity contribution in [2.24, 2.45) is 0 Å². The summed E-state index contributed by atoms with van der Waals surface area (Å²) in [6, 6.07) is 0. The third-order valence-corrected chi connectivity index (χ3v) is 0. The molecule has 0 rings (SSSR count). The van der Waals surface area contributed by atoms with Gasteiger partial charge >= 0.3 is 29.6 Å². The van der Waals surface area contributed by atoms with Crippen LogP contribution in [-0.4, -0.2) is 26.6 Å². The minimum Gasteiger partial charge on any atom is -1.00 e. The molecule has 0 radical (unpaired) electrons. The molecule has 42 valence electrons. The van der Waals surface area contributed by atoms with E-state index < -0.39 is 0 Å². The van der Waals surface area contributed by atoms with E-state index in [4.69, 9.17) is 0 Å². The Morgan fingerprint density at radius 2 is 1.00 bits per heavy atom. The van der Waals surface area contributed by atoms with Gasteiger partial charge in [-0.15, -0.1) is 0 Å². The summed E-state index contributed by atoms with van der Waals surface area (Å²) in [7, 11) is 6.25. The van der Waals surface area contributed by atoms with E-state index in [1.165, 1.54) is 4.90 Å². The Hall–Kier alpha value is 1.21. The number of hydrogen-bond acceptors (Lipinski definition) is 1. The predicted octanol–water partition coefficient (Wildman–Crippen LogP) is -7.41. The van der Waals surface area contributed by atoms with E-state index in [9.17, 15) is 0 Å². The van der Waals surface area contributed by atoms with Gasteiger partial charge in [0.25, 0.3) is 0 Å². The molecule has 0 aromatic rings. The van der Waals surface area contributed by atoms with Gasteiger partial charge in [-0.2, -0.15) is 0 Å². The normalized spacial score (nSPS) is 5.14. The second kappa shape index (κ2) is 15.7. The smallest absolute Gasteiger partial charge is 1.00 e. The van der Waals surface area contributed by atoms with E-state index in [1.54, 1.807) is 0 Å². The summed E-state index contributed by atoms with van der Waals surface area (Å²) < 4.78 is 0. The molecule has 0 aliphatic rings. The molecule has 0 heterocycles. The van der Waals surface area contributed by atoms with E-state index in [-0.39, 0.29) is 47.4 Å². The zero-order valence-electron chi connectivity index (χ0n) is 5.33. The Morgan fingerprint density at radius 3 is 1.00 bits per heavy atom. The van der Waals surface area contributed by atoms with Crippen LogP contribution in [0.15, 0.2) is 0 Å². The van der Waals surface area contributed by atoms with Crippen molar-refractivity contribution in [1.82, 2.24) is 0 Å². The molecule has 0 unspecified atom stereocenters. The summed E-state index contributed by atoms with van der Waals surface area (Å²) in [5.41, 5.74) is 0. The summed E-state index contributed by atoms with van der Waals surface area (Å²) in [5, 5.41) is 0. The molecular weight excluding hydrogens is 124 g/mol. The number of quaternary nitrogens is 1. The molecule has 0 aliphatic heterocycles. The van der Waals surface area contributed by atoms with Crippen molar-refractivity contribution in [1.29, 1.82) is 0 Å². The van der Waals surface area contributed by atoms with Crippen molar-refractivity contribution in [2.75, 3.05) is 21.1 Å². The third kappa shape index (κ3) is 134. The van der Waals surface area contributed by atoms with E-state index in [1.807, 2.05) is 0 Å². The maximum Gasteiger partial charge on any atom is 1.00 e. The van der Waals surface area contributed by atoms with E-state index in [2.05, 4.69) is 21.1 Å². The molecule has 0 saturated carbocycles. The molecular formula is C3H11ClNNaO. The van der Waals surface area contributed by atoms with Gasteiger partial charge in [0.15, 0.2) is 0 Å². The van der Waals surface area contributed by atoms with Gasteiger partial charge in [-0.3, -0.25) is 0 Å². The zero-order valence-corrected chi connectivity index (χ0v) is 8.08. The average Bonchev–Trinajstić information content (AvgIpc) is 0.811. The number of halogens is 1. The molecule has 7 heavy (non-hydrogen) atoms. The van der Waals surface area contributed by atoms with Crippen molar-refractivity contribution in [3.8, 4) is 0 Å². The molecule has 0 spiro atoms. The van der Waals surface area contributed by atoms with Crippen LogP contribution in [0.25, 0.3) is 0 Å². The van der Waals surface area contributed by atoms with Crippen LogP contribution < -0.4 is 46.9 Å². The molecule has 0 aliphatic carbocycles. The van der Waals surface area contributed by atoms with Gasteiger partial charge in [0, 0.05) is 0 Å². The van der Waals surface area contributed by atoms with Crippen LogP contribution in [0.1, 0.15) is 0 Å². The number of hydrogen-bond donors (Lipinski definition) is 1. The molecule has 0 atom stereocenters. The number of rotatable bonds is 0. The summed E-state index contributed by atoms with van der Waals surface area (Å²) >= 11 is 0. The Morgan fingerprint density at radius 1 is 1.00 bits per heavy atom. The second-order valence-electron chi connectivity index (χ2n) is 1.50. The third-order valence-electron chi connectivity index (χ3n) is 0. The van der Waals surface area contributed by atoms with E-state index in [0.29, 0.717) is 0 Å². The van der Waals surface area contributed by atoms with E-state index >= 15 is 0 Å². The Bertz CT molecular complexity index is 19.7. The first-order chi connectivity index (χ1) is 1.73. The SMILES string of the molecule is C[NH+](C)C.[Cl-].[Na+].[OH-]. The summed E-state index contributed by atoms with van der Waals surface area (Å²) in [4.78, 5) is 1.42. The van der Waals surface area contributed by atoms with Crippen LogP contribution in [-0.2, 0) is 0 Å². The van der Waals surface area contributed by atoms with Gasteiger partial charge in [-0.05, 0) is 0 Å². The van der Waals surface area contributed by atoms with Gasteiger partial charge in [-0.25, -0.2) is 0 Å². The standard InChI is InChI=1S/C3H9N.ClH.Na.H2O/c1-4(2)3;;;/h1-3H3;1H;;1H2/q;;+1;/p-1. The zero-order chi connectivity index (χ0) is 3.58. The van der Waals surface area contributed by atoms with Crippen LogP contribution in [0.2, 0.25) is 0 Å². The first kappa shape index (κ1) is 24.1. The van der Waals surface area contributed by atoms with Gasteiger partial charge in [-0.1, -0.05) is 0 Å². The maximum absolute atomic E-state index is 2.08. The van der Waals surface area contributed by atoms with Crippen molar-refractivity contribution >= 4 is 0 Å². The minimum absolute atomic E-state index is 0. The molecule has 0 bridgehead atoms. The fourth-order valence-electron chi connectivity index (χ4n) is 0. The van der Waals surface area contributed by atoms with Crippen molar-refractivity contribution < 1.29 is 52.3 Å². The van der Waals surface area contributed by atoms with Crippen molar-refractivity contribution in [3.63, 3.8) is 0 Å². The van der Waals surface area contributed by atoms with Gasteiger partial charge in [0.1, 0.15) is 0 Å². The van der Waals surface area contributed by atoms with Crippen LogP contribution in [0.3, 0.4) is 0 Å². The first-order valence-corrected chi connectivity index (χ1v) is 1.50. The maximum atomic E-state index is 2.08. The minimum atomic E-state index is 0. The first-order valence-electron chi connectivity index (χ1n) is 1.50. The molecule has 0 aromatic heterocycles. The van der Waals surface area contributed by atoms with Crippen LogP contribution in [0.4, 0.5) is 0 Å². The van der Waals surface area contributed by atoms with Gasteiger partial charge in [0.2, 0.25) is 0 Å². The quantitative estimate of drug-likeness (QED) is 0.329. The average molecular weight is 136 g/mol. The summed E-state index contributed by atoms with van der Waals surface area (Å²) in [5.74, 6) is 0. The number of nitrogens with one attached hydrogen (secondary N) is 1. The fraction of sp³-hybridized carbons (Fsp3) is 1.00. The second-order valence-corrected chi connectivity index (χ2v) is 1.50. The molecule has 2 N–H and O–H groups in total. The molecule has 2 nitrogen and oxygen atoms in total. The van der Waals surface area contributed by atoms with Gasteiger partial charge in [0.05, 0.1) is 21.1 Å². The molecule has 0 aromatic carbocycles. The van der Waals surface area contributed by atoms with E-state index in [0.717, 1.165) is 0 Å². The molecule has 0 fully saturated rings. The molecule has 4 heteroatoms. The Labute approximate surface area is 73.3 Å². The van der Waals surface area contributed by atoms with Gasteiger partial charge < -0.3 is 22.8 Å².